The first-order chi connectivity index (χ1) is 15.4. The molecule has 2 aromatic heterocycles. The molecule has 0 bridgehead atoms. The van der Waals surface area contributed by atoms with Crippen LogP contribution in [0.1, 0.15) is 32.1 Å². The van der Waals surface area contributed by atoms with Crippen molar-refractivity contribution in [2.75, 3.05) is 23.3 Å². The second-order valence-corrected chi connectivity index (χ2v) is 8.67. The molecule has 32 heavy (non-hydrogen) atoms. The summed E-state index contributed by atoms with van der Waals surface area (Å²) in [6, 6.07) is 7.55. The van der Waals surface area contributed by atoms with Gasteiger partial charge in [0.2, 0.25) is 10.9 Å². The third-order valence-corrected chi connectivity index (χ3v) is 6.26. The SMILES string of the molecule is N[C@@H](CCC(=O)Nc1cccc(-c2nn3c(=O)cc(N4CCCCC4)nc3s2)c1)C(=O)O. The van der Waals surface area contributed by atoms with E-state index in [-0.39, 0.29) is 24.3 Å². The van der Waals surface area contributed by atoms with E-state index in [9.17, 15) is 14.4 Å². The normalized spacial score (nSPS) is 15.0. The summed E-state index contributed by atoms with van der Waals surface area (Å²) in [6.45, 7) is 1.79. The third-order valence-electron chi connectivity index (χ3n) is 5.30. The molecule has 11 heteroatoms. The Morgan fingerprint density at radius 2 is 2.00 bits per heavy atom. The first kappa shape index (κ1) is 21.9. The van der Waals surface area contributed by atoms with Crippen LogP contribution in [0.5, 0.6) is 0 Å². The molecule has 3 heterocycles. The molecular formula is C21H24N6O4S. The van der Waals surface area contributed by atoms with E-state index in [1.54, 1.807) is 18.2 Å². The summed E-state index contributed by atoms with van der Waals surface area (Å²) >= 11 is 1.31. The van der Waals surface area contributed by atoms with E-state index >= 15 is 0 Å². The number of hydrogen-bond acceptors (Lipinski definition) is 8. The topological polar surface area (TPSA) is 143 Å². The standard InChI is InChI=1S/C21H24N6O4S/c22-15(20(30)31)7-8-17(28)23-14-6-4-5-13(11-14)19-25-27-18(29)12-16(24-21(27)32-19)26-9-2-1-3-10-26/h4-6,11-12,15H,1-3,7-10,22H2,(H,23,28)(H,30,31)/t15-/m0/s1. The number of aromatic nitrogens is 3. The molecule has 4 N–H and O–H groups in total. The predicted octanol–water partition coefficient (Wildman–Crippen LogP) is 1.94. The van der Waals surface area contributed by atoms with E-state index in [1.807, 2.05) is 6.07 Å². The Balaban J connectivity index is 1.53. The number of anilines is 2. The molecule has 4 rings (SSSR count). The van der Waals surface area contributed by atoms with Crippen molar-refractivity contribution in [2.24, 2.45) is 5.73 Å². The molecule has 0 unspecified atom stereocenters. The summed E-state index contributed by atoms with van der Waals surface area (Å²) in [5.74, 6) is -0.777. The Morgan fingerprint density at radius 3 is 2.75 bits per heavy atom. The molecular weight excluding hydrogens is 432 g/mol. The quantitative estimate of drug-likeness (QED) is 0.489. The Kier molecular flexibility index (Phi) is 6.47. The average Bonchev–Trinajstić information content (AvgIpc) is 3.23. The maximum atomic E-state index is 12.6. The minimum atomic E-state index is -1.14. The maximum absolute atomic E-state index is 12.6. The van der Waals surface area contributed by atoms with E-state index in [4.69, 9.17) is 10.8 Å². The van der Waals surface area contributed by atoms with Gasteiger partial charge in [-0.05, 0) is 37.8 Å². The fraction of sp³-hybridized carbons (Fsp3) is 0.381. The van der Waals surface area contributed by atoms with Gasteiger partial charge in [-0.2, -0.15) is 9.61 Å². The molecule has 0 saturated carbocycles. The first-order valence-electron chi connectivity index (χ1n) is 10.5. The molecule has 0 spiro atoms. The number of rotatable bonds is 7. The highest BCUT2D eigenvalue weighted by Crippen LogP contribution is 2.27. The number of nitrogens with two attached hydrogens (primary N) is 1. The van der Waals surface area contributed by atoms with Crippen LogP contribution in [-0.2, 0) is 9.59 Å². The fourth-order valence-electron chi connectivity index (χ4n) is 3.56. The van der Waals surface area contributed by atoms with E-state index in [0.717, 1.165) is 31.5 Å². The monoisotopic (exact) mass is 456 g/mol. The summed E-state index contributed by atoms with van der Waals surface area (Å²) in [6.07, 6.45) is 3.43. The summed E-state index contributed by atoms with van der Waals surface area (Å²) in [4.78, 5) is 42.8. The van der Waals surface area contributed by atoms with Gasteiger partial charge in [0, 0.05) is 36.8 Å². The number of piperidine rings is 1. The Hall–Kier alpha value is -3.31. The molecule has 1 aliphatic heterocycles. The van der Waals surface area contributed by atoms with Crippen molar-refractivity contribution in [3.05, 3.63) is 40.7 Å². The van der Waals surface area contributed by atoms with Crippen LogP contribution in [0.4, 0.5) is 11.5 Å². The maximum Gasteiger partial charge on any atom is 0.320 e. The van der Waals surface area contributed by atoms with Crippen molar-refractivity contribution in [1.82, 2.24) is 14.6 Å². The third kappa shape index (κ3) is 4.94. The number of fused-ring (bicyclic) bond motifs is 1. The van der Waals surface area contributed by atoms with Gasteiger partial charge in [-0.1, -0.05) is 23.5 Å². The predicted molar refractivity (Wildman–Crippen MR) is 122 cm³/mol. The fourth-order valence-corrected chi connectivity index (χ4v) is 4.46. The van der Waals surface area contributed by atoms with E-state index in [0.29, 0.717) is 21.5 Å². The largest absolute Gasteiger partial charge is 0.480 e. The summed E-state index contributed by atoms with van der Waals surface area (Å²) in [5.41, 5.74) is 6.50. The van der Waals surface area contributed by atoms with Crippen molar-refractivity contribution >= 4 is 39.7 Å². The zero-order valence-electron chi connectivity index (χ0n) is 17.4. The number of carboxylic acids is 1. The van der Waals surface area contributed by atoms with Gasteiger partial charge in [0.1, 0.15) is 16.9 Å². The number of hydrogen-bond donors (Lipinski definition) is 3. The number of carboxylic acid groups (broad SMARTS) is 1. The lowest BCUT2D eigenvalue weighted by atomic mass is 10.1. The minimum Gasteiger partial charge on any atom is -0.480 e. The molecule has 10 nitrogen and oxygen atoms in total. The Labute approximate surface area is 187 Å². The van der Waals surface area contributed by atoms with Crippen molar-refractivity contribution in [2.45, 2.75) is 38.1 Å². The molecule has 1 aromatic carbocycles. The number of nitrogens with zero attached hydrogens (tertiary/aromatic N) is 4. The van der Waals surface area contributed by atoms with Crippen LogP contribution in [0, 0.1) is 0 Å². The zero-order chi connectivity index (χ0) is 22.7. The highest BCUT2D eigenvalue weighted by atomic mass is 32.1. The van der Waals surface area contributed by atoms with Gasteiger partial charge < -0.3 is 21.1 Å². The van der Waals surface area contributed by atoms with Gasteiger partial charge in [-0.3, -0.25) is 14.4 Å². The molecule has 1 amide bonds. The highest BCUT2D eigenvalue weighted by Gasteiger charge is 2.17. The smallest absolute Gasteiger partial charge is 0.320 e. The second-order valence-electron chi connectivity index (χ2n) is 7.71. The summed E-state index contributed by atoms with van der Waals surface area (Å²) in [7, 11) is 0. The number of amides is 1. The van der Waals surface area contributed by atoms with E-state index in [1.165, 1.54) is 28.3 Å². The van der Waals surface area contributed by atoms with Crippen LogP contribution in [0.15, 0.2) is 35.1 Å². The van der Waals surface area contributed by atoms with Crippen molar-refractivity contribution < 1.29 is 14.7 Å². The number of benzene rings is 1. The first-order valence-corrected chi connectivity index (χ1v) is 11.3. The minimum absolute atomic E-state index is 0.00256. The van der Waals surface area contributed by atoms with Gasteiger partial charge in [-0.25, -0.2) is 4.98 Å². The molecule has 0 aliphatic carbocycles. The van der Waals surface area contributed by atoms with Crippen molar-refractivity contribution in [3.8, 4) is 10.6 Å². The van der Waals surface area contributed by atoms with Gasteiger partial charge >= 0.3 is 5.97 Å². The zero-order valence-corrected chi connectivity index (χ0v) is 18.2. The lowest BCUT2D eigenvalue weighted by Crippen LogP contribution is -2.31. The van der Waals surface area contributed by atoms with Gasteiger partial charge in [-0.15, -0.1) is 0 Å². The lowest BCUT2D eigenvalue weighted by Gasteiger charge is -2.27. The van der Waals surface area contributed by atoms with Crippen LogP contribution in [-0.4, -0.2) is 50.7 Å². The summed E-state index contributed by atoms with van der Waals surface area (Å²) in [5, 5.41) is 16.6. The van der Waals surface area contributed by atoms with Crippen LogP contribution in [0.3, 0.4) is 0 Å². The molecule has 1 saturated heterocycles. The van der Waals surface area contributed by atoms with Gasteiger partial charge in [0.25, 0.3) is 5.56 Å². The van der Waals surface area contributed by atoms with E-state index < -0.39 is 12.0 Å². The summed E-state index contributed by atoms with van der Waals surface area (Å²) < 4.78 is 1.30. The molecule has 3 aromatic rings. The Bertz CT molecular complexity index is 1200. The molecule has 1 atom stereocenters. The highest BCUT2D eigenvalue weighted by molar-refractivity contribution is 7.19. The van der Waals surface area contributed by atoms with Crippen LogP contribution >= 0.6 is 11.3 Å². The number of aliphatic carboxylic acids is 1. The van der Waals surface area contributed by atoms with Gasteiger partial charge in [0.15, 0.2) is 0 Å². The molecule has 168 valence electrons. The van der Waals surface area contributed by atoms with Crippen molar-refractivity contribution in [1.29, 1.82) is 0 Å². The van der Waals surface area contributed by atoms with Crippen LogP contribution in [0.25, 0.3) is 15.5 Å². The molecule has 1 fully saturated rings. The van der Waals surface area contributed by atoms with Crippen molar-refractivity contribution in [3.63, 3.8) is 0 Å². The average molecular weight is 457 g/mol. The van der Waals surface area contributed by atoms with E-state index in [2.05, 4.69) is 20.3 Å². The van der Waals surface area contributed by atoms with Crippen LogP contribution < -0.4 is 21.5 Å². The second kappa shape index (κ2) is 9.45. The van der Waals surface area contributed by atoms with Gasteiger partial charge in [0.05, 0.1) is 0 Å². The molecule has 1 aliphatic rings. The number of carbonyl (C=O) groups excluding carboxylic acids is 1. The number of nitrogens with one attached hydrogen (secondary N) is 1. The molecule has 0 radical (unpaired) electrons. The number of carbonyl (C=O) groups is 2. The van der Waals surface area contributed by atoms with Crippen LogP contribution in [0.2, 0.25) is 0 Å². The lowest BCUT2D eigenvalue weighted by molar-refractivity contribution is -0.138. The Morgan fingerprint density at radius 1 is 1.22 bits per heavy atom.